The van der Waals surface area contributed by atoms with E-state index >= 15 is 0 Å². The quantitative estimate of drug-likeness (QED) is 0.216. The lowest BCUT2D eigenvalue weighted by molar-refractivity contribution is 0.0535. The minimum Gasteiger partial charge on any atom is -0.443 e. The van der Waals surface area contributed by atoms with Gasteiger partial charge in [0, 0.05) is 26.2 Å². The number of fused-ring (bicyclic) bond motifs is 2. The third kappa shape index (κ3) is 9.62. The van der Waals surface area contributed by atoms with Crippen LogP contribution in [-0.2, 0) is 4.74 Å². The summed E-state index contributed by atoms with van der Waals surface area (Å²) >= 11 is 3.26. The van der Waals surface area contributed by atoms with E-state index < -0.39 is 17.4 Å². The van der Waals surface area contributed by atoms with Gasteiger partial charge in [-0.1, -0.05) is 48.0 Å². The van der Waals surface area contributed by atoms with Crippen LogP contribution >= 0.6 is 28.3 Å². The smallest absolute Gasteiger partial charge is 0.424 e. The number of carbonyl (C=O) groups excluding carboxylic acids is 1. The first-order valence-electron chi connectivity index (χ1n) is 15.2. The predicted molar refractivity (Wildman–Crippen MR) is 186 cm³/mol. The molecule has 1 N–H and O–H groups in total. The number of nitrogens with zero attached hydrogens (tertiary/aromatic N) is 8. The molecule has 0 aliphatic rings. The van der Waals surface area contributed by atoms with E-state index in [1.807, 2.05) is 32.8 Å². The van der Waals surface area contributed by atoms with E-state index in [9.17, 15) is 14.4 Å². The summed E-state index contributed by atoms with van der Waals surface area (Å²) in [7, 11) is 3.81. The Bertz CT molecular complexity index is 1650. The number of hydrogen-bond acceptors (Lipinski definition) is 9. The van der Waals surface area contributed by atoms with Crippen LogP contribution in [0.15, 0.2) is 26.6 Å². The number of carbonyl (C=O) groups is 1. The van der Waals surface area contributed by atoms with Crippen molar-refractivity contribution >= 4 is 62.8 Å². The summed E-state index contributed by atoms with van der Waals surface area (Å²) < 4.78 is 10.0. The van der Waals surface area contributed by atoms with Crippen molar-refractivity contribution in [2.75, 3.05) is 19.0 Å². The van der Waals surface area contributed by atoms with Gasteiger partial charge in [0.25, 0.3) is 0 Å². The lowest BCUT2D eigenvalue weighted by atomic mass is 10.2. The molecule has 0 aromatic carbocycles. The number of halogens is 2. The van der Waals surface area contributed by atoms with Gasteiger partial charge in [-0.25, -0.2) is 34.3 Å². The zero-order valence-corrected chi connectivity index (χ0v) is 30.7. The Kier molecular flexibility index (Phi) is 15.4. The van der Waals surface area contributed by atoms with E-state index in [1.54, 1.807) is 31.5 Å². The highest BCUT2D eigenvalue weighted by Gasteiger charge is 2.27. The molecule has 0 bridgehead atoms. The van der Waals surface area contributed by atoms with E-state index in [-0.39, 0.29) is 35.8 Å². The number of imidazole rings is 2. The van der Waals surface area contributed by atoms with Gasteiger partial charge in [0.2, 0.25) is 0 Å². The Morgan fingerprint density at radius 1 is 0.889 bits per heavy atom. The Morgan fingerprint density at radius 3 is 1.91 bits per heavy atom. The molecule has 0 amide bonds. The summed E-state index contributed by atoms with van der Waals surface area (Å²) in [6.07, 6.45) is 6.92. The van der Waals surface area contributed by atoms with Gasteiger partial charge in [0.15, 0.2) is 22.6 Å². The third-order valence-corrected chi connectivity index (χ3v) is 6.99. The lowest BCUT2D eigenvalue weighted by Crippen LogP contribution is -2.35. The van der Waals surface area contributed by atoms with Crippen molar-refractivity contribution in [3.05, 3.63) is 38.0 Å². The van der Waals surface area contributed by atoms with E-state index in [0.717, 1.165) is 36.1 Å². The molecule has 0 aliphatic heterocycles. The summed E-state index contributed by atoms with van der Waals surface area (Å²) in [5.74, 6) is 0.751. The van der Waals surface area contributed by atoms with Gasteiger partial charge >= 0.3 is 17.5 Å². The first kappa shape index (κ1) is 39.8. The highest BCUT2D eigenvalue weighted by atomic mass is 79.9. The monoisotopic (exact) mass is 713 g/mol. The standard InChI is InChI=1S/C15H21BrN4O3.C12H19N5O.C3H8.ClH/c1-6-9(7-2)19-12-11(17-8-10(16)18-12)20(13(19)21)14(22)23-15(3,4)5;1-5-8(6-2)17-11-10(15-12(17)18)13-7-9(14-11)16(3)4;1-3-2;/h8-9H,6-7H2,1-5H3;7-8H,5-6H2,1-4H3,(H,13,15,18);3H2,1-2H3;1H. The van der Waals surface area contributed by atoms with Crippen molar-refractivity contribution in [1.29, 1.82) is 0 Å². The largest absolute Gasteiger partial charge is 0.443 e. The molecule has 252 valence electrons. The van der Waals surface area contributed by atoms with E-state index in [4.69, 9.17) is 4.74 Å². The second kappa shape index (κ2) is 17.4. The van der Waals surface area contributed by atoms with Crippen molar-refractivity contribution in [2.24, 2.45) is 0 Å². The molecule has 0 aliphatic carbocycles. The summed E-state index contributed by atoms with van der Waals surface area (Å²) in [4.78, 5) is 59.2. The maximum absolute atomic E-state index is 12.8. The molecule has 0 saturated carbocycles. The topological polar surface area (TPSA) is 146 Å². The second-order valence-electron chi connectivity index (χ2n) is 11.6. The van der Waals surface area contributed by atoms with Crippen LogP contribution in [0.2, 0.25) is 0 Å². The molecule has 0 atom stereocenters. The van der Waals surface area contributed by atoms with Crippen LogP contribution in [0.1, 0.15) is 107 Å². The number of H-pyrrole nitrogens is 1. The number of aromatic amines is 1. The average molecular weight is 715 g/mol. The molecule has 0 saturated heterocycles. The zero-order valence-electron chi connectivity index (χ0n) is 28.3. The van der Waals surface area contributed by atoms with Crippen LogP contribution in [0.3, 0.4) is 0 Å². The first-order chi connectivity index (χ1) is 20.7. The van der Waals surface area contributed by atoms with E-state index in [2.05, 4.69) is 68.5 Å². The molecular weight excluding hydrogens is 666 g/mol. The minimum atomic E-state index is -0.742. The number of aromatic nitrogens is 8. The average Bonchev–Trinajstić information content (AvgIpc) is 3.42. The third-order valence-electron chi connectivity index (χ3n) is 6.61. The molecule has 4 aromatic heterocycles. The van der Waals surface area contributed by atoms with Gasteiger partial charge in [0.1, 0.15) is 16.0 Å². The van der Waals surface area contributed by atoms with E-state index in [1.165, 1.54) is 17.2 Å². The summed E-state index contributed by atoms with van der Waals surface area (Å²) in [6, 6.07) is 0.107. The van der Waals surface area contributed by atoms with Gasteiger partial charge in [0.05, 0.1) is 12.4 Å². The van der Waals surface area contributed by atoms with Crippen molar-refractivity contribution in [3.63, 3.8) is 0 Å². The molecule has 15 heteroatoms. The van der Waals surface area contributed by atoms with Crippen LogP contribution in [0.4, 0.5) is 10.6 Å². The summed E-state index contributed by atoms with van der Waals surface area (Å²) in [6.45, 7) is 17.6. The highest BCUT2D eigenvalue weighted by Crippen LogP contribution is 2.22. The zero-order chi connectivity index (χ0) is 33.4. The number of rotatable bonds is 7. The normalized spacial score (nSPS) is 11.2. The Hall–Kier alpha value is -3.26. The van der Waals surface area contributed by atoms with Gasteiger partial charge < -0.3 is 9.64 Å². The van der Waals surface area contributed by atoms with Crippen molar-refractivity contribution in [1.82, 2.24) is 38.6 Å². The van der Waals surface area contributed by atoms with E-state index in [0.29, 0.717) is 21.5 Å². The van der Waals surface area contributed by atoms with Crippen LogP contribution < -0.4 is 16.3 Å². The van der Waals surface area contributed by atoms with Crippen molar-refractivity contribution < 1.29 is 9.53 Å². The molecule has 0 fully saturated rings. The Balaban J connectivity index is 0.000000415. The molecule has 4 heterocycles. The molecule has 0 spiro atoms. The van der Waals surface area contributed by atoms with Gasteiger partial charge in [-0.3, -0.25) is 14.1 Å². The fourth-order valence-electron chi connectivity index (χ4n) is 4.51. The van der Waals surface area contributed by atoms with Crippen LogP contribution in [0.25, 0.3) is 22.6 Å². The first-order valence-corrected chi connectivity index (χ1v) is 16.0. The summed E-state index contributed by atoms with van der Waals surface area (Å²) in [5, 5.41) is 0. The number of hydrogen-bond donors (Lipinski definition) is 1. The predicted octanol–water partition coefficient (Wildman–Crippen LogP) is 6.88. The number of ether oxygens (including phenoxy) is 1. The number of anilines is 1. The summed E-state index contributed by atoms with van der Waals surface area (Å²) in [5.41, 5.74) is 0.471. The number of nitrogens with one attached hydrogen (secondary N) is 1. The van der Waals surface area contributed by atoms with Gasteiger partial charge in [-0.15, -0.1) is 12.4 Å². The van der Waals surface area contributed by atoms with Crippen molar-refractivity contribution in [2.45, 2.75) is 112 Å². The molecule has 13 nitrogen and oxygen atoms in total. The lowest BCUT2D eigenvalue weighted by Gasteiger charge is -2.19. The molecular formula is C30H49BrClN9O4. The highest BCUT2D eigenvalue weighted by molar-refractivity contribution is 9.10. The molecule has 45 heavy (non-hydrogen) atoms. The van der Waals surface area contributed by atoms with Gasteiger partial charge in [-0.2, -0.15) is 4.57 Å². The van der Waals surface area contributed by atoms with Crippen LogP contribution in [-0.4, -0.2) is 64.4 Å². The molecule has 4 rings (SSSR count). The molecule has 0 unspecified atom stereocenters. The second-order valence-corrected chi connectivity index (χ2v) is 12.4. The fraction of sp³-hybridized carbons (Fsp3) is 0.633. The van der Waals surface area contributed by atoms with Crippen molar-refractivity contribution in [3.8, 4) is 0 Å². The Morgan fingerprint density at radius 2 is 1.42 bits per heavy atom. The minimum absolute atomic E-state index is 0. The molecule has 4 aromatic rings. The maximum Gasteiger partial charge on any atom is 0.424 e. The maximum atomic E-state index is 12.8. The Labute approximate surface area is 279 Å². The molecule has 0 radical (unpaired) electrons. The van der Waals surface area contributed by atoms with Crippen LogP contribution in [0, 0.1) is 0 Å². The van der Waals surface area contributed by atoms with Crippen LogP contribution in [0.5, 0.6) is 0 Å². The SMILES string of the molecule is CCC.CCC(CC)n1c(=O)[nH]c2ncc(N(C)C)nc21.CCC(CC)n1c(=O)n(C(=O)OC(C)(C)C)c2ncc(Br)nc21.Cl. The van der Waals surface area contributed by atoms with Gasteiger partial charge in [-0.05, 0) is 62.4 Å². The fourth-order valence-corrected chi connectivity index (χ4v) is 4.78.